The van der Waals surface area contributed by atoms with Gasteiger partial charge < -0.3 is 10.1 Å². The Bertz CT molecular complexity index is 932. The van der Waals surface area contributed by atoms with Gasteiger partial charge in [-0.2, -0.15) is 0 Å². The molecule has 6 nitrogen and oxygen atoms in total. The van der Waals surface area contributed by atoms with E-state index < -0.39 is 0 Å². The lowest BCUT2D eigenvalue weighted by Crippen LogP contribution is -2.35. The van der Waals surface area contributed by atoms with Gasteiger partial charge in [-0.05, 0) is 31.9 Å². The number of aromatic nitrogens is 1. The number of amidine groups is 1. The topological polar surface area (TPSA) is 75.9 Å². The number of fused-ring (bicyclic) bond motifs is 5. The zero-order valence-corrected chi connectivity index (χ0v) is 15.9. The zero-order chi connectivity index (χ0) is 17.6. The summed E-state index contributed by atoms with van der Waals surface area (Å²) in [6, 6.07) is 2.04. The predicted octanol–water partition coefficient (Wildman–Crippen LogP) is 3.16. The molecule has 0 aliphatic carbocycles. The highest BCUT2D eigenvalue weighted by molar-refractivity contribution is 8.16. The minimum atomic E-state index is -0.317. The van der Waals surface area contributed by atoms with E-state index in [1.807, 2.05) is 13.0 Å². The molecule has 2 aliphatic heterocycles. The third kappa shape index (κ3) is 2.88. The van der Waals surface area contributed by atoms with Crippen LogP contribution < -0.4 is 5.32 Å². The van der Waals surface area contributed by atoms with Crippen molar-refractivity contribution in [3.8, 4) is 0 Å². The fourth-order valence-electron chi connectivity index (χ4n) is 3.08. The zero-order valence-electron chi connectivity index (χ0n) is 14.3. The molecule has 0 aromatic carbocycles. The summed E-state index contributed by atoms with van der Waals surface area (Å²) in [7, 11) is 1.68. The van der Waals surface area contributed by atoms with Gasteiger partial charge in [0.15, 0.2) is 5.17 Å². The highest BCUT2D eigenvalue weighted by atomic mass is 32.2. The Morgan fingerprint density at radius 2 is 2.24 bits per heavy atom. The Balaban J connectivity index is 1.76. The molecule has 0 bridgehead atoms. The first-order valence-electron chi connectivity index (χ1n) is 8.09. The molecular weight excluding hydrogens is 356 g/mol. The van der Waals surface area contributed by atoms with E-state index >= 15 is 0 Å². The van der Waals surface area contributed by atoms with E-state index in [0.29, 0.717) is 18.3 Å². The first-order chi connectivity index (χ1) is 12.1. The quantitative estimate of drug-likeness (QED) is 0.834. The normalized spacial score (nSPS) is 20.6. The van der Waals surface area contributed by atoms with E-state index in [1.165, 1.54) is 11.8 Å². The molecule has 4 heterocycles. The van der Waals surface area contributed by atoms with Crippen LogP contribution in [0.5, 0.6) is 0 Å². The molecule has 1 N–H and O–H groups in total. The summed E-state index contributed by atoms with van der Waals surface area (Å²) in [4.78, 5) is 28.3. The number of thiophene rings is 1. The number of aliphatic imine (C=N–C) groups is 2. The number of ether oxygens (including phenoxy) is 1. The van der Waals surface area contributed by atoms with Crippen molar-refractivity contribution in [2.45, 2.75) is 25.5 Å². The van der Waals surface area contributed by atoms with Gasteiger partial charge in [0.25, 0.3) is 0 Å². The second-order valence-corrected chi connectivity index (χ2v) is 8.13. The number of carbonyl (C=O) groups is 1. The van der Waals surface area contributed by atoms with Crippen LogP contribution in [0.3, 0.4) is 0 Å². The highest BCUT2D eigenvalue weighted by Crippen LogP contribution is 2.44. The molecule has 25 heavy (non-hydrogen) atoms. The van der Waals surface area contributed by atoms with Gasteiger partial charge in [0, 0.05) is 31.3 Å². The third-order valence-corrected chi connectivity index (χ3v) is 6.36. The van der Waals surface area contributed by atoms with Crippen LogP contribution in [0.2, 0.25) is 0 Å². The Kier molecular flexibility index (Phi) is 4.35. The molecule has 1 amide bonds. The molecule has 130 valence electrons. The van der Waals surface area contributed by atoms with Crippen LogP contribution in [0, 0.1) is 13.8 Å². The maximum atomic E-state index is 12.6. The number of methoxy groups -OCH3 is 1. The SMILES string of the molecule is COCCCN=C1N=C2c3sc4nc(C)cc(C)c4c3NC(=O)C2S1. The van der Waals surface area contributed by atoms with Crippen molar-refractivity contribution in [2.75, 3.05) is 25.6 Å². The maximum absolute atomic E-state index is 12.6. The second kappa shape index (κ2) is 6.51. The number of amides is 1. The van der Waals surface area contributed by atoms with Crippen molar-refractivity contribution in [1.29, 1.82) is 0 Å². The minimum Gasteiger partial charge on any atom is -0.385 e. The summed E-state index contributed by atoms with van der Waals surface area (Å²) in [5, 5.41) is 4.45. The van der Waals surface area contributed by atoms with Gasteiger partial charge in [0.2, 0.25) is 5.91 Å². The number of rotatable bonds is 4. The molecule has 0 saturated carbocycles. The van der Waals surface area contributed by atoms with Gasteiger partial charge in [-0.3, -0.25) is 9.79 Å². The van der Waals surface area contributed by atoms with Gasteiger partial charge >= 0.3 is 0 Å². The fraction of sp³-hybridized carbons (Fsp3) is 0.412. The van der Waals surface area contributed by atoms with Gasteiger partial charge in [-0.15, -0.1) is 11.3 Å². The lowest BCUT2D eigenvalue weighted by molar-refractivity contribution is -0.114. The van der Waals surface area contributed by atoms with E-state index in [9.17, 15) is 4.79 Å². The van der Waals surface area contributed by atoms with Crippen LogP contribution in [0.1, 0.15) is 22.6 Å². The molecule has 2 aromatic rings. The second-order valence-electron chi connectivity index (χ2n) is 6.06. The molecular formula is C17H18N4O2S2. The average molecular weight is 374 g/mol. The number of anilines is 1. The molecule has 1 atom stereocenters. The first kappa shape index (κ1) is 16.7. The Labute approximate surface area is 153 Å². The molecule has 0 saturated heterocycles. The van der Waals surface area contributed by atoms with Crippen molar-refractivity contribution in [3.63, 3.8) is 0 Å². The van der Waals surface area contributed by atoms with E-state index in [0.717, 1.165) is 44.2 Å². The number of nitrogens with zero attached hydrogens (tertiary/aromatic N) is 3. The van der Waals surface area contributed by atoms with Crippen LogP contribution in [0.25, 0.3) is 10.2 Å². The van der Waals surface area contributed by atoms with Crippen molar-refractivity contribution < 1.29 is 9.53 Å². The lowest BCUT2D eigenvalue weighted by Gasteiger charge is -2.18. The molecule has 4 rings (SSSR count). The highest BCUT2D eigenvalue weighted by Gasteiger charge is 2.40. The smallest absolute Gasteiger partial charge is 0.244 e. The summed E-state index contributed by atoms with van der Waals surface area (Å²) in [5.41, 5.74) is 3.77. The standard InChI is InChI=1S/C17H18N4O2S2/c1-8-7-9(2)19-16-10(8)11-13(24-16)12-14(15(22)20-11)25-17(21-12)18-5-4-6-23-3/h7,14H,4-6H2,1-3H3,(H,20,22). The summed E-state index contributed by atoms with van der Waals surface area (Å²) >= 11 is 3.02. The molecule has 0 fully saturated rings. The maximum Gasteiger partial charge on any atom is 0.244 e. The third-order valence-electron chi connectivity index (χ3n) is 4.15. The monoisotopic (exact) mass is 374 g/mol. The molecule has 0 spiro atoms. The van der Waals surface area contributed by atoms with E-state index in [1.54, 1.807) is 18.4 Å². The number of carbonyl (C=O) groups excluding carboxylic acids is 1. The van der Waals surface area contributed by atoms with E-state index in [-0.39, 0.29) is 11.2 Å². The van der Waals surface area contributed by atoms with Crippen molar-refractivity contribution >= 4 is 55.8 Å². The van der Waals surface area contributed by atoms with Gasteiger partial charge in [0.05, 0.1) is 16.3 Å². The van der Waals surface area contributed by atoms with Crippen LogP contribution in [0.4, 0.5) is 5.69 Å². The van der Waals surface area contributed by atoms with Crippen LogP contribution in [0.15, 0.2) is 16.1 Å². The molecule has 2 aromatic heterocycles. The summed E-state index contributed by atoms with van der Waals surface area (Å²) in [5.74, 6) is -0.0296. The molecule has 1 unspecified atom stereocenters. The molecule has 0 radical (unpaired) electrons. The van der Waals surface area contributed by atoms with E-state index in [2.05, 4.69) is 27.2 Å². The van der Waals surface area contributed by atoms with Crippen molar-refractivity contribution in [1.82, 2.24) is 4.98 Å². The molecule has 8 heteroatoms. The number of thioether (sulfide) groups is 1. The van der Waals surface area contributed by atoms with Crippen molar-refractivity contribution in [3.05, 3.63) is 22.2 Å². The number of hydrogen-bond acceptors (Lipinski definition) is 6. The van der Waals surface area contributed by atoms with Crippen LogP contribution in [-0.2, 0) is 9.53 Å². The van der Waals surface area contributed by atoms with Gasteiger partial charge in [-0.25, -0.2) is 9.98 Å². The summed E-state index contributed by atoms with van der Waals surface area (Å²) in [6.07, 6.45) is 0.846. The van der Waals surface area contributed by atoms with E-state index in [4.69, 9.17) is 4.74 Å². The number of pyridine rings is 1. The number of hydrogen-bond donors (Lipinski definition) is 1. The Morgan fingerprint density at radius 3 is 3.04 bits per heavy atom. The summed E-state index contributed by atoms with van der Waals surface area (Å²) in [6.45, 7) is 5.36. The average Bonchev–Trinajstić information content (AvgIpc) is 3.13. The predicted molar refractivity (Wildman–Crippen MR) is 104 cm³/mol. The molecule has 2 aliphatic rings. The van der Waals surface area contributed by atoms with Crippen LogP contribution in [-0.4, -0.2) is 47.3 Å². The minimum absolute atomic E-state index is 0.0296. The largest absolute Gasteiger partial charge is 0.385 e. The van der Waals surface area contributed by atoms with Crippen molar-refractivity contribution in [2.24, 2.45) is 9.98 Å². The number of nitrogens with one attached hydrogen (secondary N) is 1. The first-order valence-corrected chi connectivity index (χ1v) is 9.78. The van der Waals surface area contributed by atoms with Gasteiger partial charge in [-0.1, -0.05) is 11.8 Å². The number of aryl methyl sites for hydroxylation is 2. The summed E-state index contributed by atoms with van der Waals surface area (Å²) < 4.78 is 5.04. The Hall–Kier alpha value is -1.77. The van der Waals surface area contributed by atoms with Gasteiger partial charge in [0.1, 0.15) is 10.1 Å². The van der Waals surface area contributed by atoms with Crippen LogP contribution >= 0.6 is 23.1 Å². The fourth-order valence-corrected chi connectivity index (χ4v) is 5.40. The lowest BCUT2D eigenvalue weighted by atomic mass is 10.1. The Morgan fingerprint density at radius 1 is 1.40 bits per heavy atom.